The highest BCUT2D eigenvalue weighted by molar-refractivity contribution is 6.00. The quantitative estimate of drug-likeness (QED) is 0.0787. The first kappa shape index (κ1) is 48.7. The molecule has 7 aromatic rings. The Kier molecular flexibility index (Phi) is 13.0. The second kappa shape index (κ2) is 19.7. The third-order valence-electron chi connectivity index (χ3n) is 16.2. The van der Waals surface area contributed by atoms with Gasteiger partial charge in [-0.15, -0.1) is 0 Å². The minimum absolute atomic E-state index is 0.111. The molecular weight excluding hydrogens is 954 g/mol. The molecule has 0 spiro atoms. The minimum Gasteiger partial charge on any atom is -0.497 e. The largest absolute Gasteiger partial charge is 0.497 e. The summed E-state index contributed by atoms with van der Waals surface area (Å²) in [7, 11) is 3.24. The summed E-state index contributed by atoms with van der Waals surface area (Å²) in [6.45, 7) is 4.38. The Morgan fingerprint density at radius 2 is 1.58 bits per heavy atom. The number of imide groups is 1. The zero-order valence-corrected chi connectivity index (χ0v) is 41.3. The van der Waals surface area contributed by atoms with Gasteiger partial charge in [-0.2, -0.15) is 4.39 Å². The summed E-state index contributed by atoms with van der Waals surface area (Å²) in [6, 6.07) is 16.7. The van der Waals surface area contributed by atoms with Gasteiger partial charge in [-0.3, -0.25) is 33.7 Å². The number of pyridine rings is 1. The van der Waals surface area contributed by atoms with Crippen molar-refractivity contribution in [3.63, 3.8) is 0 Å². The molecular formula is C55H57F3N10O6. The highest BCUT2D eigenvalue weighted by Gasteiger charge is 2.50. The van der Waals surface area contributed by atoms with Crippen molar-refractivity contribution in [3.05, 3.63) is 136 Å². The number of piperidine rings is 1. The van der Waals surface area contributed by atoms with Crippen LogP contribution < -0.4 is 30.7 Å². The van der Waals surface area contributed by atoms with Crippen molar-refractivity contribution in [3.8, 4) is 22.6 Å². The molecule has 2 saturated heterocycles. The lowest BCUT2D eigenvalue weighted by atomic mass is 9.53. The summed E-state index contributed by atoms with van der Waals surface area (Å²) < 4.78 is 60.9. The highest BCUT2D eigenvalue weighted by atomic mass is 19.2. The van der Waals surface area contributed by atoms with Gasteiger partial charge in [0.05, 0.1) is 29.4 Å². The summed E-state index contributed by atoms with van der Waals surface area (Å²) in [5, 5.41) is 5.16. The number of anilines is 1. The standard InChI is InChI=1S/C55H57F3N10O6/c1-64-43-26-34(7-10-41(43)68(53(64)72)42-11-12-46(69)63-51(42)71)4-3-20-65-22-24-66(25-23-65)52-59-29-37(30-60-52)36-13-21-67-31-44(62-45(67)27-36)55-17-14-54(15-18-55,16-19-55)33-61-50(70)39-28-40(56)49(48(58)47(39)57)74-32-35-5-8-38(73-2)9-6-35/h5-10,13,21,26-31,42H,3-4,11-12,14-20,22-25,32-33H2,1-2H3,(H,61,70)(H,63,69,71). The third-order valence-corrected chi connectivity index (χ3v) is 16.2. The smallest absolute Gasteiger partial charge is 0.329 e. The fourth-order valence-electron chi connectivity index (χ4n) is 11.6. The first-order chi connectivity index (χ1) is 35.8. The number of methoxy groups -OCH3 is 1. The van der Waals surface area contributed by atoms with Crippen LogP contribution in [0.15, 0.2) is 90.2 Å². The van der Waals surface area contributed by atoms with Gasteiger partial charge in [-0.05, 0) is 129 Å². The molecule has 3 amide bonds. The number of carbonyl (C=O) groups is 3. The van der Waals surface area contributed by atoms with Crippen LogP contribution in [0.1, 0.15) is 91.0 Å². The van der Waals surface area contributed by atoms with Crippen LogP contribution in [0.5, 0.6) is 11.5 Å². The Morgan fingerprint density at radius 3 is 2.30 bits per heavy atom. The number of halogens is 3. The predicted octanol–water partition coefficient (Wildman–Crippen LogP) is 7.20. The molecule has 384 valence electrons. The summed E-state index contributed by atoms with van der Waals surface area (Å²) in [5.74, 6) is -5.36. The lowest BCUT2D eigenvalue weighted by molar-refractivity contribution is -0.135. The second-order valence-electron chi connectivity index (χ2n) is 20.5. The fraction of sp³-hybridized carbons (Fsp3) is 0.400. The van der Waals surface area contributed by atoms with E-state index >= 15 is 13.2 Å². The van der Waals surface area contributed by atoms with Gasteiger partial charge in [-0.25, -0.2) is 28.5 Å². The molecule has 1 unspecified atom stereocenters. The Labute approximate surface area is 424 Å². The molecule has 4 aromatic heterocycles. The molecule has 5 aliphatic rings. The number of nitrogens with one attached hydrogen (secondary N) is 2. The Morgan fingerprint density at radius 1 is 0.851 bits per heavy atom. The maximum atomic E-state index is 15.2. The molecule has 2 bridgehead atoms. The molecule has 3 saturated carbocycles. The average molecular weight is 1010 g/mol. The number of amides is 3. The maximum absolute atomic E-state index is 15.2. The number of ether oxygens (including phenoxy) is 2. The van der Waals surface area contributed by atoms with Crippen molar-refractivity contribution in [2.75, 3.05) is 51.3 Å². The Bertz CT molecular complexity index is 3340. The summed E-state index contributed by atoms with van der Waals surface area (Å²) in [6.07, 6.45) is 15.2. The monoisotopic (exact) mass is 1010 g/mol. The molecule has 6 heterocycles. The van der Waals surface area contributed by atoms with Crippen molar-refractivity contribution < 1.29 is 37.0 Å². The number of aromatic nitrogens is 6. The van der Waals surface area contributed by atoms with Crippen LogP contribution in [-0.2, 0) is 35.1 Å². The number of fused-ring (bicyclic) bond motifs is 5. The van der Waals surface area contributed by atoms with E-state index in [-0.39, 0.29) is 42.0 Å². The summed E-state index contributed by atoms with van der Waals surface area (Å²) in [4.78, 5) is 70.1. The van der Waals surface area contributed by atoms with E-state index in [1.807, 2.05) is 47.3 Å². The molecule has 0 radical (unpaired) electrons. The first-order valence-corrected chi connectivity index (χ1v) is 25.3. The topological polar surface area (TPSA) is 170 Å². The van der Waals surface area contributed by atoms with Crippen LogP contribution >= 0.6 is 0 Å². The predicted molar refractivity (Wildman–Crippen MR) is 270 cm³/mol. The van der Waals surface area contributed by atoms with E-state index in [1.165, 1.54) is 11.7 Å². The van der Waals surface area contributed by atoms with Gasteiger partial charge in [0, 0.05) is 82.0 Å². The summed E-state index contributed by atoms with van der Waals surface area (Å²) >= 11 is 0. The van der Waals surface area contributed by atoms with Crippen LogP contribution in [0.2, 0.25) is 0 Å². The number of hydrogen-bond donors (Lipinski definition) is 2. The van der Waals surface area contributed by atoms with E-state index in [2.05, 4.69) is 32.7 Å². The number of carbonyl (C=O) groups excluding carboxylic acids is 3. The van der Waals surface area contributed by atoms with E-state index in [0.29, 0.717) is 35.3 Å². The number of nitrogens with zero attached hydrogens (tertiary/aromatic N) is 8. The van der Waals surface area contributed by atoms with E-state index in [0.717, 1.165) is 118 Å². The molecule has 5 fully saturated rings. The summed E-state index contributed by atoms with van der Waals surface area (Å²) in [5.41, 5.74) is 5.61. The maximum Gasteiger partial charge on any atom is 0.329 e. The number of rotatable bonds is 15. The Balaban J connectivity index is 0.652. The lowest BCUT2D eigenvalue weighted by Crippen LogP contribution is -2.49. The molecule has 3 aliphatic carbocycles. The number of imidazole rings is 2. The number of piperazine rings is 1. The number of aryl methyl sites for hydroxylation is 2. The van der Waals surface area contributed by atoms with Crippen molar-refractivity contribution in [1.82, 2.24) is 44.0 Å². The second-order valence-corrected chi connectivity index (χ2v) is 20.5. The van der Waals surface area contributed by atoms with Crippen LogP contribution in [-0.4, -0.2) is 97.5 Å². The van der Waals surface area contributed by atoms with Crippen LogP contribution in [0.25, 0.3) is 27.8 Å². The molecule has 3 aromatic carbocycles. The average Bonchev–Trinajstić information content (AvgIpc) is 3.98. The van der Waals surface area contributed by atoms with Crippen LogP contribution in [0, 0.1) is 22.9 Å². The van der Waals surface area contributed by atoms with Crippen molar-refractivity contribution >= 4 is 40.4 Å². The number of benzene rings is 3. The van der Waals surface area contributed by atoms with Gasteiger partial charge in [0.25, 0.3) is 5.91 Å². The molecule has 19 heteroatoms. The zero-order valence-electron chi connectivity index (χ0n) is 41.3. The van der Waals surface area contributed by atoms with Crippen LogP contribution in [0.4, 0.5) is 19.1 Å². The Hall–Kier alpha value is -7.54. The van der Waals surface area contributed by atoms with E-state index < -0.39 is 46.6 Å². The third kappa shape index (κ3) is 9.26. The zero-order chi connectivity index (χ0) is 51.3. The van der Waals surface area contributed by atoms with Gasteiger partial charge in [-0.1, -0.05) is 18.2 Å². The van der Waals surface area contributed by atoms with Gasteiger partial charge < -0.3 is 24.1 Å². The van der Waals surface area contributed by atoms with E-state index in [9.17, 15) is 19.2 Å². The fourth-order valence-corrected chi connectivity index (χ4v) is 11.6. The molecule has 2 aliphatic heterocycles. The molecule has 74 heavy (non-hydrogen) atoms. The van der Waals surface area contributed by atoms with Crippen molar-refractivity contribution in [2.24, 2.45) is 12.5 Å². The SMILES string of the molecule is COc1ccc(COc2c(F)cc(C(=O)NCC34CCC(c5cn6ccc(-c7cnc(N8CCN(CCCc9ccc%10c(c9)n(C)c(=O)n%10C9CCC(=O)NC9=O)CC8)nc7)cc6n5)(CC3)CC4)c(F)c2F)cc1. The van der Waals surface area contributed by atoms with Gasteiger partial charge >= 0.3 is 5.69 Å². The molecule has 16 nitrogen and oxygen atoms in total. The van der Waals surface area contributed by atoms with Gasteiger partial charge in [0.2, 0.25) is 23.6 Å². The molecule has 12 rings (SSSR count). The van der Waals surface area contributed by atoms with E-state index in [1.54, 1.807) is 35.9 Å². The molecule has 1 atom stereocenters. The van der Waals surface area contributed by atoms with Gasteiger partial charge in [0.1, 0.15) is 24.0 Å². The van der Waals surface area contributed by atoms with Crippen molar-refractivity contribution in [2.45, 2.75) is 82.3 Å². The highest BCUT2D eigenvalue weighted by Crippen LogP contribution is 2.57. The van der Waals surface area contributed by atoms with Crippen LogP contribution in [0.3, 0.4) is 0 Å². The van der Waals surface area contributed by atoms with Crippen molar-refractivity contribution in [1.29, 1.82) is 0 Å². The molecule has 2 N–H and O–H groups in total. The van der Waals surface area contributed by atoms with Gasteiger partial charge in [0.15, 0.2) is 17.4 Å². The number of hydrogen-bond acceptors (Lipinski definition) is 11. The first-order valence-electron chi connectivity index (χ1n) is 25.3. The minimum atomic E-state index is -1.55. The van der Waals surface area contributed by atoms with E-state index in [4.69, 9.17) is 24.4 Å². The lowest BCUT2D eigenvalue weighted by Gasteiger charge is -2.53. The normalized spacial score (nSPS) is 21.1.